The second kappa shape index (κ2) is 6.26. The van der Waals surface area contributed by atoms with E-state index in [4.69, 9.17) is 9.47 Å². The highest BCUT2D eigenvalue weighted by Crippen LogP contribution is 2.34. The van der Waals surface area contributed by atoms with Gasteiger partial charge in [0, 0.05) is 17.6 Å². The van der Waals surface area contributed by atoms with E-state index in [0.717, 1.165) is 29.9 Å². The Morgan fingerprint density at radius 1 is 1.37 bits per heavy atom. The van der Waals surface area contributed by atoms with Gasteiger partial charge in [-0.3, -0.25) is 0 Å². The topological polar surface area (TPSA) is 50.7 Å². The van der Waals surface area contributed by atoms with E-state index in [1.807, 2.05) is 25.1 Å². The number of hydrogen-bond acceptors (Lipinski definition) is 4. The lowest BCUT2D eigenvalue weighted by atomic mass is 9.77. The number of rotatable bonds is 7. The lowest BCUT2D eigenvalue weighted by molar-refractivity contribution is 0.0869. The van der Waals surface area contributed by atoms with Crippen LogP contribution in [0.1, 0.15) is 31.7 Å². The lowest BCUT2D eigenvalue weighted by Gasteiger charge is -2.41. The summed E-state index contributed by atoms with van der Waals surface area (Å²) >= 11 is 0. The maximum absolute atomic E-state index is 9.46. The maximum atomic E-state index is 9.46. The lowest BCUT2D eigenvalue weighted by Crippen LogP contribution is -2.53. The third kappa shape index (κ3) is 3.01. The Hall–Kier alpha value is -1.26. The smallest absolute Gasteiger partial charge is 0.165 e. The molecule has 4 nitrogen and oxygen atoms in total. The van der Waals surface area contributed by atoms with Crippen molar-refractivity contribution in [2.45, 2.75) is 38.3 Å². The molecule has 0 atom stereocenters. The van der Waals surface area contributed by atoms with E-state index in [1.54, 1.807) is 7.11 Å². The number of aliphatic hydroxyl groups is 1. The summed E-state index contributed by atoms with van der Waals surface area (Å²) in [6.07, 6.45) is 3.26. The second-order valence-electron chi connectivity index (χ2n) is 5.03. The van der Waals surface area contributed by atoms with Crippen LogP contribution in [0.3, 0.4) is 0 Å². The van der Waals surface area contributed by atoms with Gasteiger partial charge >= 0.3 is 0 Å². The minimum absolute atomic E-state index is 0.0906. The number of ether oxygens (including phenoxy) is 2. The summed E-state index contributed by atoms with van der Waals surface area (Å²) < 4.78 is 11.0. The highest BCUT2D eigenvalue weighted by Gasteiger charge is 2.35. The number of aliphatic hydroxyl groups excluding tert-OH is 1. The summed E-state index contributed by atoms with van der Waals surface area (Å²) in [4.78, 5) is 0. The van der Waals surface area contributed by atoms with E-state index in [1.165, 1.54) is 6.42 Å². The van der Waals surface area contributed by atoms with Gasteiger partial charge in [-0.2, -0.15) is 0 Å². The molecule has 1 aromatic carbocycles. The van der Waals surface area contributed by atoms with E-state index < -0.39 is 0 Å². The first-order valence-electron chi connectivity index (χ1n) is 6.89. The zero-order valence-corrected chi connectivity index (χ0v) is 11.7. The van der Waals surface area contributed by atoms with Gasteiger partial charge in [-0.1, -0.05) is 12.1 Å². The normalized spacial score (nSPS) is 16.8. The maximum Gasteiger partial charge on any atom is 0.165 e. The molecule has 106 valence electrons. The number of methoxy groups -OCH3 is 1. The van der Waals surface area contributed by atoms with Crippen LogP contribution in [0.25, 0.3) is 0 Å². The summed E-state index contributed by atoms with van der Waals surface area (Å²) in [6, 6.07) is 5.91. The quantitative estimate of drug-likeness (QED) is 0.792. The molecule has 0 radical (unpaired) electrons. The number of para-hydroxylation sites is 1. The van der Waals surface area contributed by atoms with Crippen LogP contribution >= 0.6 is 0 Å². The monoisotopic (exact) mass is 265 g/mol. The fourth-order valence-corrected chi connectivity index (χ4v) is 2.48. The highest BCUT2D eigenvalue weighted by atomic mass is 16.5. The van der Waals surface area contributed by atoms with Crippen LogP contribution in [0.2, 0.25) is 0 Å². The van der Waals surface area contributed by atoms with Crippen molar-refractivity contribution < 1.29 is 14.6 Å². The first-order chi connectivity index (χ1) is 9.24. The van der Waals surface area contributed by atoms with Crippen LogP contribution in [-0.2, 0) is 6.54 Å². The van der Waals surface area contributed by atoms with Gasteiger partial charge in [0.05, 0.1) is 20.3 Å². The molecule has 0 saturated heterocycles. The fraction of sp³-hybridized carbons (Fsp3) is 0.600. The van der Waals surface area contributed by atoms with Gasteiger partial charge in [-0.15, -0.1) is 0 Å². The largest absolute Gasteiger partial charge is 0.493 e. The Labute approximate surface area is 114 Å². The number of nitrogens with one attached hydrogen (secondary N) is 1. The Morgan fingerprint density at radius 3 is 2.68 bits per heavy atom. The van der Waals surface area contributed by atoms with E-state index >= 15 is 0 Å². The molecule has 1 fully saturated rings. The molecule has 1 aromatic rings. The average Bonchev–Trinajstić information content (AvgIpc) is 2.38. The molecule has 4 heteroatoms. The van der Waals surface area contributed by atoms with Crippen molar-refractivity contribution in [1.82, 2.24) is 5.32 Å². The zero-order valence-electron chi connectivity index (χ0n) is 11.7. The summed E-state index contributed by atoms with van der Waals surface area (Å²) in [5, 5.41) is 12.9. The minimum Gasteiger partial charge on any atom is -0.493 e. The molecule has 0 amide bonds. The molecule has 0 aliphatic heterocycles. The van der Waals surface area contributed by atoms with Gasteiger partial charge in [0.15, 0.2) is 11.5 Å². The first-order valence-corrected chi connectivity index (χ1v) is 6.89. The van der Waals surface area contributed by atoms with Gasteiger partial charge in [0.2, 0.25) is 0 Å². The van der Waals surface area contributed by atoms with Gasteiger partial charge < -0.3 is 19.9 Å². The van der Waals surface area contributed by atoms with Crippen molar-refractivity contribution in [2.24, 2.45) is 0 Å². The molecule has 0 bridgehead atoms. The third-order valence-corrected chi connectivity index (χ3v) is 3.83. The predicted octanol–water partition coefficient (Wildman–Crippen LogP) is 2.10. The Morgan fingerprint density at radius 2 is 2.16 bits per heavy atom. The second-order valence-corrected chi connectivity index (χ2v) is 5.03. The Balaban J connectivity index is 2.08. The van der Waals surface area contributed by atoms with Crippen molar-refractivity contribution in [2.75, 3.05) is 20.3 Å². The summed E-state index contributed by atoms with van der Waals surface area (Å²) in [5.41, 5.74) is 0.972. The van der Waals surface area contributed by atoms with Gasteiger partial charge in [0.1, 0.15) is 0 Å². The number of hydrogen-bond donors (Lipinski definition) is 2. The Kier molecular flexibility index (Phi) is 4.66. The zero-order chi connectivity index (χ0) is 13.7. The van der Waals surface area contributed by atoms with Crippen LogP contribution in [0, 0.1) is 0 Å². The summed E-state index contributed by atoms with van der Waals surface area (Å²) in [5.74, 6) is 1.56. The molecular formula is C15H23NO3. The van der Waals surface area contributed by atoms with Gasteiger partial charge in [0.25, 0.3) is 0 Å². The van der Waals surface area contributed by atoms with Crippen LogP contribution in [0.15, 0.2) is 18.2 Å². The predicted molar refractivity (Wildman–Crippen MR) is 74.7 cm³/mol. The molecule has 19 heavy (non-hydrogen) atoms. The molecule has 1 saturated carbocycles. The van der Waals surface area contributed by atoms with Crippen LogP contribution < -0.4 is 14.8 Å². The highest BCUT2D eigenvalue weighted by molar-refractivity contribution is 5.46. The molecule has 1 aliphatic carbocycles. The molecule has 2 rings (SSSR count). The van der Waals surface area contributed by atoms with Crippen molar-refractivity contribution in [1.29, 1.82) is 0 Å². The van der Waals surface area contributed by atoms with E-state index in [0.29, 0.717) is 13.2 Å². The van der Waals surface area contributed by atoms with E-state index in [-0.39, 0.29) is 12.1 Å². The molecule has 0 unspecified atom stereocenters. The van der Waals surface area contributed by atoms with Crippen molar-refractivity contribution in [3.05, 3.63) is 23.8 Å². The molecule has 0 aromatic heterocycles. The molecule has 1 aliphatic rings. The first kappa shape index (κ1) is 14.2. The molecule has 0 heterocycles. The SMILES string of the molecule is CCOc1cccc(CNC2(CO)CCC2)c1OC. The molecule has 0 spiro atoms. The standard InChI is InChI=1S/C15H23NO3/c1-3-19-13-7-4-6-12(14(13)18-2)10-16-15(11-17)8-5-9-15/h4,6-7,16-17H,3,5,8-11H2,1-2H3. The van der Waals surface area contributed by atoms with E-state index in [9.17, 15) is 5.11 Å². The van der Waals surface area contributed by atoms with Gasteiger partial charge in [-0.05, 0) is 32.3 Å². The Bertz CT molecular complexity index is 410. The van der Waals surface area contributed by atoms with Crippen LogP contribution in [0.4, 0.5) is 0 Å². The van der Waals surface area contributed by atoms with Gasteiger partial charge in [-0.25, -0.2) is 0 Å². The van der Waals surface area contributed by atoms with Crippen LogP contribution in [0.5, 0.6) is 11.5 Å². The van der Waals surface area contributed by atoms with Crippen molar-refractivity contribution in [3.63, 3.8) is 0 Å². The summed E-state index contributed by atoms with van der Waals surface area (Å²) in [6.45, 7) is 3.46. The fourth-order valence-electron chi connectivity index (χ4n) is 2.48. The van der Waals surface area contributed by atoms with Crippen molar-refractivity contribution in [3.8, 4) is 11.5 Å². The molecular weight excluding hydrogens is 242 g/mol. The molecule has 2 N–H and O–H groups in total. The number of benzene rings is 1. The van der Waals surface area contributed by atoms with E-state index in [2.05, 4.69) is 5.32 Å². The van der Waals surface area contributed by atoms with Crippen molar-refractivity contribution >= 4 is 0 Å². The van der Waals surface area contributed by atoms with Crippen LogP contribution in [-0.4, -0.2) is 31.0 Å². The third-order valence-electron chi connectivity index (χ3n) is 3.83. The average molecular weight is 265 g/mol. The summed E-state index contributed by atoms with van der Waals surface area (Å²) in [7, 11) is 1.66. The minimum atomic E-state index is -0.0906.